The van der Waals surface area contributed by atoms with Gasteiger partial charge in [0.25, 0.3) is 0 Å². The highest BCUT2D eigenvalue weighted by atomic mass is 16.5. The number of hydrogen-bond acceptors (Lipinski definition) is 5. The lowest BCUT2D eigenvalue weighted by molar-refractivity contribution is 0.0431. The summed E-state index contributed by atoms with van der Waals surface area (Å²) in [5.74, 6) is 0.0291. The Bertz CT molecular complexity index is 764. The molecule has 1 aromatic carbocycles. The van der Waals surface area contributed by atoms with Crippen molar-refractivity contribution >= 4 is 16.9 Å². The van der Waals surface area contributed by atoms with Crippen molar-refractivity contribution in [3.05, 3.63) is 59.6 Å². The molecule has 3 rings (SSSR count). The Morgan fingerprint density at radius 2 is 2.10 bits per heavy atom. The van der Waals surface area contributed by atoms with Crippen LogP contribution in [0, 0.1) is 6.92 Å². The van der Waals surface area contributed by atoms with Crippen molar-refractivity contribution in [1.82, 2.24) is 10.1 Å². The van der Waals surface area contributed by atoms with Crippen molar-refractivity contribution in [3.63, 3.8) is 0 Å². The Hall–Kier alpha value is -2.69. The summed E-state index contributed by atoms with van der Waals surface area (Å²) < 4.78 is 10.1. The van der Waals surface area contributed by atoms with Gasteiger partial charge in [0.15, 0.2) is 12.4 Å². The maximum Gasteiger partial charge on any atom is 0.357 e. The van der Waals surface area contributed by atoms with Crippen LogP contribution in [-0.2, 0) is 11.3 Å². The smallest absolute Gasteiger partial charge is 0.357 e. The number of esters is 1. The zero-order valence-electron chi connectivity index (χ0n) is 10.9. The molecule has 0 N–H and O–H groups in total. The zero-order chi connectivity index (χ0) is 13.9. The summed E-state index contributed by atoms with van der Waals surface area (Å²) in [6, 6.07) is 12.8. The van der Waals surface area contributed by atoms with Crippen LogP contribution in [0.3, 0.4) is 0 Å². The Morgan fingerprint density at radius 1 is 1.25 bits per heavy atom. The third kappa shape index (κ3) is 2.51. The van der Waals surface area contributed by atoms with Crippen molar-refractivity contribution in [2.75, 3.05) is 0 Å². The highest BCUT2D eigenvalue weighted by molar-refractivity contribution is 5.90. The monoisotopic (exact) mass is 268 g/mol. The fourth-order valence-corrected chi connectivity index (χ4v) is 1.87. The van der Waals surface area contributed by atoms with E-state index in [0.29, 0.717) is 5.76 Å². The number of aryl methyl sites for hydroxylation is 1. The minimum atomic E-state index is -0.482. The minimum absolute atomic E-state index is 0.0498. The third-order valence-electron chi connectivity index (χ3n) is 2.83. The first-order chi connectivity index (χ1) is 9.72. The normalized spacial score (nSPS) is 10.7. The van der Waals surface area contributed by atoms with Crippen LogP contribution in [0.5, 0.6) is 0 Å². The van der Waals surface area contributed by atoms with Gasteiger partial charge in [-0.2, -0.15) is 0 Å². The largest absolute Gasteiger partial charge is 0.453 e. The molecule has 0 saturated heterocycles. The Morgan fingerprint density at radius 3 is 2.90 bits per heavy atom. The molecule has 5 heteroatoms. The number of pyridine rings is 1. The molecule has 0 unspecified atom stereocenters. The Kier molecular flexibility index (Phi) is 3.16. The molecule has 2 heterocycles. The van der Waals surface area contributed by atoms with E-state index < -0.39 is 5.97 Å². The molecular formula is C15H12N2O3. The number of benzene rings is 1. The molecule has 0 aliphatic carbocycles. The summed E-state index contributed by atoms with van der Waals surface area (Å²) in [6.07, 6.45) is 0. The van der Waals surface area contributed by atoms with E-state index in [1.807, 2.05) is 30.3 Å². The third-order valence-corrected chi connectivity index (χ3v) is 2.83. The first kappa shape index (κ1) is 12.3. The first-order valence-electron chi connectivity index (χ1n) is 6.17. The van der Waals surface area contributed by atoms with E-state index in [-0.39, 0.29) is 12.3 Å². The summed E-state index contributed by atoms with van der Waals surface area (Å²) in [5.41, 5.74) is 1.79. The van der Waals surface area contributed by atoms with Crippen LogP contribution in [0.15, 0.2) is 47.0 Å². The van der Waals surface area contributed by atoms with E-state index >= 15 is 0 Å². The van der Waals surface area contributed by atoms with E-state index in [1.165, 1.54) is 0 Å². The van der Waals surface area contributed by atoms with Crippen molar-refractivity contribution in [2.45, 2.75) is 13.5 Å². The maximum atomic E-state index is 11.9. The summed E-state index contributed by atoms with van der Waals surface area (Å²) in [6.45, 7) is 1.86. The maximum absolute atomic E-state index is 11.9. The second-order valence-electron chi connectivity index (χ2n) is 4.40. The minimum Gasteiger partial charge on any atom is -0.453 e. The summed E-state index contributed by atoms with van der Waals surface area (Å²) in [7, 11) is 0. The van der Waals surface area contributed by atoms with Crippen LogP contribution in [0.25, 0.3) is 10.9 Å². The lowest BCUT2D eigenvalue weighted by Gasteiger charge is -2.03. The van der Waals surface area contributed by atoms with Crippen LogP contribution in [0.2, 0.25) is 0 Å². The van der Waals surface area contributed by atoms with Gasteiger partial charge in [0.05, 0.1) is 11.2 Å². The van der Waals surface area contributed by atoms with E-state index in [4.69, 9.17) is 9.26 Å². The van der Waals surface area contributed by atoms with Crippen LogP contribution in [-0.4, -0.2) is 16.1 Å². The molecule has 0 fully saturated rings. The van der Waals surface area contributed by atoms with Gasteiger partial charge in [0.2, 0.25) is 0 Å². The number of carbonyl (C=O) groups is 1. The molecule has 0 spiro atoms. The molecule has 100 valence electrons. The molecule has 20 heavy (non-hydrogen) atoms. The average molecular weight is 268 g/mol. The molecule has 5 nitrogen and oxygen atoms in total. The highest BCUT2D eigenvalue weighted by Gasteiger charge is 2.11. The zero-order valence-corrected chi connectivity index (χ0v) is 10.9. The average Bonchev–Trinajstić information content (AvgIpc) is 2.90. The standard InChI is InChI=1S/C15H12N2O3/c1-10-8-12(20-17-10)9-19-15(18)14-7-6-11-4-2-3-5-13(11)16-14/h2-8H,9H2,1H3. The van der Waals surface area contributed by atoms with E-state index in [1.54, 1.807) is 19.1 Å². The fraction of sp³-hybridized carbons (Fsp3) is 0.133. The molecular weight excluding hydrogens is 256 g/mol. The number of rotatable bonds is 3. The number of aromatic nitrogens is 2. The van der Waals surface area contributed by atoms with Gasteiger partial charge in [-0.25, -0.2) is 9.78 Å². The van der Waals surface area contributed by atoms with E-state index in [2.05, 4.69) is 10.1 Å². The number of fused-ring (bicyclic) bond motifs is 1. The first-order valence-corrected chi connectivity index (χ1v) is 6.17. The fourth-order valence-electron chi connectivity index (χ4n) is 1.87. The van der Waals surface area contributed by atoms with Crippen LogP contribution < -0.4 is 0 Å². The molecule has 0 saturated carbocycles. The lowest BCUT2D eigenvalue weighted by atomic mass is 10.2. The van der Waals surface area contributed by atoms with Crippen molar-refractivity contribution in [2.24, 2.45) is 0 Å². The molecule has 0 aliphatic rings. The number of hydrogen-bond donors (Lipinski definition) is 0. The van der Waals surface area contributed by atoms with Crippen LogP contribution in [0.4, 0.5) is 0 Å². The van der Waals surface area contributed by atoms with Gasteiger partial charge >= 0.3 is 5.97 Å². The topological polar surface area (TPSA) is 65.2 Å². The van der Waals surface area contributed by atoms with Crippen LogP contribution >= 0.6 is 0 Å². The molecule has 0 aliphatic heterocycles. The van der Waals surface area contributed by atoms with Gasteiger partial charge < -0.3 is 9.26 Å². The van der Waals surface area contributed by atoms with E-state index in [9.17, 15) is 4.79 Å². The van der Waals surface area contributed by atoms with Crippen molar-refractivity contribution < 1.29 is 14.1 Å². The molecule has 2 aromatic heterocycles. The number of ether oxygens (including phenoxy) is 1. The Labute approximate surface area is 115 Å². The number of carbonyl (C=O) groups excluding carboxylic acids is 1. The number of para-hydroxylation sites is 1. The van der Waals surface area contributed by atoms with Crippen LogP contribution in [0.1, 0.15) is 21.9 Å². The predicted octanol–water partition coefficient (Wildman–Crippen LogP) is 2.89. The quantitative estimate of drug-likeness (QED) is 0.683. The summed E-state index contributed by atoms with van der Waals surface area (Å²) in [5, 5.41) is 4.71. The second-order valence-corrected chi connectivity index (χ2v) is 4.40. The van der Waals surface area contributed by atoms with Gasteiger partial charge in [-0.05, 0) is 19.1 Å². The molecule has 0 bridgehead atoms. The highest BCUT2D eigenvalue weighted by Crippen LogP contribution is 2.13. The van der Waals surface area contributed by atoms with Gasteiger partial charge in [0.1, 0.15) is 5.69 Å². The van der Waals surface area contributed by atoms with Crippen molar-refractivity contribution in [1.29, 1.82) is 0 Å². The van der Waals surface area contributed by atoms with Gasteiger partial charge in [0, 0.05) is 11.5 Å². The summed E-state index contributed by atoms with van der Waals surface area (Å²) >= 11 is 0. The molecule has 0 radical (unpaired) electrons. The lowest BCUT2D eigenvalue weighted by Crippen LogP contribution is -2.07. The van der Waals surface area contributed by atoms with Gasteiger partial charge in [-0.1, -0.05) is 29.4 Å². The van der Waals surface area contributed by atoms with Crippen molar-refractivity contribution in [3.8, 4) is 0 Å². The van der Waals surface area contributed by atoms with Gasteiger partial charge in [-0.3, -0.25) is 0 Å². The predicted molar refractivity (Wildman–Crippen MR) is 72.1 cm³/mol. The Balaban J connectivity index is 1.75. The second kappa shape index (κ2) is 5.13. The number of nitrogens with zero attached hydrogens (tertiary/aromatic N) is 2. The summed E-state index contributed by atoms with van der Waals surface area (Å²) in [4.78, 5) is 16.2. The van der Waals surface area contributed by atoms with E-state index in [0.717, 1.165) is 16.6 Å². The SMILES string of the molecule is Cc1cc(COC(=O)c2ccc3ccccc3n2)on1. The molecule has 0 amide bonds. The molecule has 0 atom stereocenters. The molecule has 3 aromatic rings. The van der Waals surface area contributed by atoms with Gasteiger partial charge in [-0.15, -0.1) is 0 Å².